The third kappa shape index (κ3) is 1.43. The number of hydrogen-bond acceptors (Lipinski definition) is 3. The normalized spacial score (nSPS) is 17.4. The summed E-state index contributed by atoms with van der Waals surface area (Å²) in [5.74, 6) is -0.0663. The van der Waals surface area contributed by atoms with Crippen molar-refractivity contribution >= 4 is 27.4 Å². The number of benzene rings is 1. The van der Waals surface area contributed by atoms with E-state index in [1.165, 1.54) is 27.6 Å². The lowest BCUT2D eigenvalue weighted by molar-refractivity contribution is -0.151. The molecule has 0 bridgehead atoms. The van der Waals surface area contributed by atoms with Crippen LogP contribution in [0.1, 0.15) is 29.7 Å². The van der Waals surface area contributed by atoms with E-state index in [0.717, 1.165) is 19.3 Å². The second kappa shape index (κ2) is 4.09. The van der Waals surface area contributed by atoms with E-state index in [0.29, 0.717) is 0 Å². The number of hydrogen-bond donors (Lipinski definition) is 0. The minimum atomic E-state index is -0.359. The van der Waals surface area contributed by atoms with Gasteiger partial charge < -0.3 is 4.74 Å². The van der Waals surface area contributed by atoms with E-state index >= 15 is 0 Å². The van der Waals surface area contributed by atoms with E-state index in [-0.39, 0.29) is 11.4 Å². The van der Waals surface area contributed by atoms with Crippen molar-refractivity contribution in [3.8, 4) is 0 Å². The van der Waals surface area contributed by atoms with Gasteiger partial charge in [-0.15, -0.1) is 11.3 Å². The summed E-state index contributed by atoms with van der Waals surface area (Å²) >= 11 is 1.75. The highest BCUT2D eigenvalue weighted by Gasteiger charge is 2.48. The first-order valence-corrected chi connectivity index (χ1v) is 7.08. The maximum Gasteiger partial charge on any atom is 0.317 e. The Morgan fingerprint density at radius 1 is 1.33 bits per heavy atom. The van der Waals surface area contributed by atoms with E-state index in [2.05, 4.69) is 25.1 Å². The average Bonchev–Trinajstić information content (AvgIpc) is 2.67. The van der Waals surface area contributed by atoms with Crippen LogP contribution in [0, 0.1) is 6.92 Å². The zero-order valence-corrected chi connectivity index (χ0v) is 11.5. The van der Waals surface area contributed by atoms with Gasteiger partial charge in [0.05, 0.1) is 7.11 Å². The van der Waals surface area contributed by atoms with Crippen LogP contribution in [0.3, 0.4) is 0 Å². The van der Waals surface area contributed by atoms with Crippen LogP contribution < -0.4 is 0 Å². The summed E-state index contributed by atoms with van der Waals surface area (Å²) in [6.07, 6.45) is 2.96. The maximum atomic E-state index is 12.1. The summed E-state index contributed by atoms with van der Waals surface area (Å²) in [4.78, 5) is 13.3. The SMILES string of the molecule is COC(=O)C1(c2sc3ccccc3c2C)CCC1. The fraction of sp³-hybridized carbons (Fsp3) is 0.400. The molecule has 3 heteroatoms. The molecule has 1 aromatic carbocycles. The van der Waals surface area contributed by atoms with Crippen molar-refractivity contribution in [2.24, 2.45) is 0 Å². The van der Waals surface area contributed by atoms with Gasteiger partial charge in [0.1, 0.15) is 5.41 Å². The van der Waals surface area contributed by atoms with E-state index < -0.39 is 0 Å². The number of thiophene rings is 1. The molecule has 94 valence electrons. The highest BCUT2D eigenvalue weighted by atomic mass is 32.1. The van der Waals surface area contributed by atoms with E-state index in [1.54, 1.807) is 11.3 Å². The molecule has 2 nitrogen and oxygen atoms in total. The van der Waals surface area contributed by atoms with Gasteiger partial charge in [-0.05, 0) is 36.8 Å². The Balaban J connectivity index is 2.19. The summed E-state index contributed by atoms with van der Waals surface area (Å²) in [5, 5.41) is 1.27. The molecule has 1 fully saturated rings. The zero-order valence-electron chi connectivity index (χ0n) is 10.7. The van der Waals surface area contributed by atoms with Crippen molar-refractivity contribution in [3.05, 3.63) is 34.7 Å². The molecule has 0 saturated heterocycles. The number of ether oxygens (including phenoxy) is 1. The van der Waals surface area contributed by atoms with Gasteiger partial charge in [0.2, 0.25) is 0 Å². The third-order valence-electron chi connectivity index (χ3n) is 4.06. The summed E-state index contributed by atoms with van der Waals surface area (Å²) in [6, 6.07) is 8.36. The number of carbonyl (C=O) groups is 1. The Kier molecular flexibility index (Phi) is 2.67. The molecule has 1 saturated carbocycles. The van der Waals surface area contributed by atoms with Crippen LogP contribution in [0.2, 0.25) is 0 Å². The third-order valence-corrected chi connectivity index (χ3v) is 5.54. The molecule has 3 rings (SSSR count). The maximum absolute atomic E-state index is 12.1. The Hall–Kier alpha value is -1.35. The predicted octanol–water partition coefficient (Wildman–Crippen LogP) is 3.80. The first kappa shape index (κ1) is 11.7. The molecular formula is C15H16O2S. The van der Waals surface area contributed by atoms with Gasteiger partial charge in [0.15, 0.2) is 0 Å². The molecule has 1 aromatic heterocycles. The molecule has 0 aliphatic heterocycles. The highest BCUT2D eigenvalue weighted by molar-refractivity contribution is 7.19. The average molecular weight is 260 g/mol. The van der Waals surface area contributed by atoms with Crippen LogP contribution in [0.4, 0.5) is 0 Å². The molecule has 0 atom stereocenters. The Labute approximate surface area is 111 Å². The highest BCUT2D eigenvalue weighted by Crippen LogP contribution is 2.50. The van der Waals surface area contributed by atoms with Crippen molar-refractivity contribution < 1.29 is 9.53 Å². The lowest BCUT2D eigenvalue weighted by Crippen LogP contribution is -2.43. The molecule has 0 N–H and O–H groups in total. The quantitative estimate of drug-likeness (QED) is 0.768. The summed E-state index contributed by atoms with van der Waals surface area (Å²) in [6.45, 7) is 2.12. The van der Waals surface area contributed by atoms with Crippen molar-refractivity contribution in [1.29, 1.82) is 0 Å². The predicted molar refractivity (Wildman–Crippen MR) is 74.1 cm³/mol. The number of esters is 1. The smallest absolute Gasteiger partial charge is 0.317 e. The number of rotatable bonds is 2. The molecule has 18 heavy (non-hydrogen) atoms. The van der Waals surface area contributed by atoms with E-state index in [4.69, 9.17) is 4.74 Å². The molecule has 0 amide bonds. The molecule has 1 aliphatic rings. The van der Waals surface area contributed by atoms with Crippen molar-refractivity contribution in [1.82, 2.24) is 0 Å². The molecular weight excluding hydrogens is 244 g/mol. The van der Waals surface area contributed by atoms with Gasteiger partial charge in [-0.2, -0.15) is 0 Å². The fourth-order valence-electron chi connectivity index (χ4n) is 2.88. The monoisotopic (exact) mass is 260 g/mol. The Morgan fingerprint density at radius 2 is 2.06 bits per heavy atom. The van der Waals surface area contributed by atoms with Gasteiger partial charge in [-0.3, -0.25) is 4.79 Å². The second-order valence-corrected chi connectivity index (χ2v) is 6.03. The topological polar surface area (TPSA) is 26.3 Å². The molecule has 0 spiro atoms. The lowest BCUT2D eigenvalue weighted by atomic mass is 9.67. The lowest BCUT2D eigenvalue weighted by Gasteiger charge is -2.38. The number of carbonyl (C=O) groups excluding carboxylic acids is 1. The zero-order chi connectivity index (χ0) is 12.8. The van der Waals surface area contributed by atoms with Gasteiger partial charge in [0, 0.05) is 9.58 Å². The number of aryl methyl sites for hydroxylation is 1. The van der Waals surface area contributed by atoms with Crippen LogP contribution in [0.15, 0.2) is 24.3 Å². The number of fused-ring (bicyclic) bond motifs is 1. The van der Waals surface area contributed by atoms with Crippen molar-refractivity contribution in [3.63, 3.8) is 0 Å². The summed E-state index contributed by atoms with van der Waals surface area (Å²) in [7, 11) is 1.49. The molecule has 1 aliphatic carbocycles. The van der Waals surface area contributed by atoms with Gasteiger partial charge >= 0.3 is 5.97 Å². The number of methoxy groups -OCH3 is 1. The van der Waals surface area contributed by atoms with Crippen molar-refractivity contribution in [2.75, 3.05) is 7.11 Å². The standard InChI is InChI=1S/C15H16O2S/c1-10-11-6-3-4-7-12(11)18-13(10)15(8-5-9-15)14(16)17-2/h3-4,6-7H,5,8-9H2,1-2H3. The van der Waals surface area contributed by atoms with Gasteiger partial charge in [-0.25, -0.2) is 0 Å². The van der Waals surface area contributed by atoms with Crippen LogP contribution in [-0.4, -0.2) is 13.1 Å². The second-order valence-electron chi connectivity index (χ2n) is 4.98. The van der Waals surface area contributed by atoms with Crippen LogP contribution in [-0.2, 0) is 14.9 Å². The minimum absolute atomic E-state index is 0.0663. The molecule has 1 heterocycles. The van der Waals surface area contributed by atoms with Crippen LogP contribution >= 0.6 is 11.3 Å². The van der Waals surface area contributed by atoms with Gasteiger partial charge in [-0.1, -0.05) is 24.6 Å². The molecule has 0 unspecified atom stereocenters. The fourth-order valence-corrected chi connectivity index (χ4v) is 4.32. The van der Waals surface area contributed by atoms with Gasteiger partial charge in [0.25, 0.3) is 0 Å². The minimum Gasteiger partial charge on any atom is -0.468 e. The Bertz CT molecular complexity index is 608. The van der Waals surface area contributed by atoms with E-state index in [9.17, 15) is 4.79 Å². The Morgan fingerprint density at radius 3 is 2.61 bits per heavy atom. The van der Waals surface area contributed by atoms with Crippen LogP contribution in [0.25, 0.3) is 10.1 Å². The molecule has 2 aromatic rings. The van der Waals surface area contributed by atoms with Crippen LogP contribution in [0.5, 0.6) is 0 Å². The molecule has 0 radical (unpaired) electrons. The van der Waals surface area contributed by atoms with Crippen molar-refractivity contribution in [2.45, 2.75) is 31.6 Å². The summed E-state index contributed by atoms with van der Waals surface area (Å²) < 4.78 is 6.29. The summed E-state index contributed by atoms with van der Waals surface area (Å²) in [5.41, 5.74) is 0.892. The first-order valence-electron chi connectivity index (χ1n) is 6.26. The van der Waals surface area contributed by atoms with E-state index in [1.807, 2.05) is 6.07 Å². The largest absolute Gasteiger partial charge is 0.468 e. The first-order chi connectivity index (χ1) is 8.69.